The first-order chi connectivity index (χ1) is 17.2. The van der Waals surface area contributed by atoms with Crippen LogP contribution in [0, 0.1) is 0 Å². The van der Waals surface area contributed by atoms with Gasteiger partial charge in [0.25, 0.3) is 0 Å². The van der Waals surface area contributed by atoms with Gasteiger partial charge in [0.05, 0.1) is 26.4 Å². The van der Waals surface area contributed by atoms with Crippen molar-refractivity contribution in [1.82, 2.24) is 0 Å². The quantitative estimate of drug-likeness (QED) is 0.163. The second-order valence-electron chi connectivity index (χ2n) is 6.96. The number of carbonyl (C=O) groups is 1. The molecule has 0 radical (unpaired) electrons. The van der Waals surface area contributed by atoms with Gasteiger partial charge in [-0.15, -0.1) is 0 Å². The van der Waals surface area contributed by atoms with Gasteiger partial charge in [0.2, 0.25) is 0 Å². The van der Waals surface area contributed by atoms with E-state index in [0.29, 0.717) is 22.6 Å². The number of hydrogen-bond acceptors (Lipinski definition) is 9. The number of rotatable bonds is 16. The molecule has 0 amide bonds. The van der Waals surface area contributed by atoms with Crippen LogP contribution >= 0.6 is 15.6 Å². The van der Waals surface area contributed by atoms with E-state index in [4.69, 9.17) is 27.1 Å². The zero-order valence-electron chi connectivity index (χ0n) is 20.8. The third-order valence-electron chi connectivity index (χ3n) is 4.18. The monoisotopic (exact) mass is 538 g/mol. The summed E-state index contributed by atoms with van der Waals surface area (Å²) in [5.74, 6) is 0.313. The summed E-state index contributed by atoms with van der Waals surface area (Å²) in [6, 6.07) is 13.4. The van der Waals surface area contributed by atoms with E-state index < -0.39 is 15.6 Å². The minimum Gasteiger partial charge on any atom is -0.404 e. The highest BCUT2D eigenvalue weighted by molar-refractivity contribution is 7.49. The Kier molecular flexibility index (Phi) is 12.3. The molecule has 0 saturated heterocycles. The third-order valence-corrected chi connectivity index (χ3v) is 7.35. The summed E-state index contributed by atoms with van der Waals surface area (Å²) >= 11 is 0. The molecule has 0 N–H and O–H groups in total. The second-order valence-corrected chi connectivity index (χ2v) is 10.1. The Morgan fingerprint density at radius 1 is 0.667 bits per heavy atom. The lowest BCUT2D eigenvalue weighted by Crippen LogP contribution is -2.02. The SMILES string of the molecule is CCOP(=O)(OCC)Oc1cccc(/C=C/C(=O)/C=C/c2cccc(OP(=O)(OCC)OCC)c2)c1. The summed E-state index contributed by atoms with van der Waals surface area (Å²) < 4.78 is 56.5. The van der Waals surface area contributed by atoms with E-state index in [0.717, 1.165) is 0 Å². The van der Waals surface area contributed by atoms with Gasteiger partial charge >= 0.3 is 15.6 Å². The Hall–Kier alpha value is -2.51. The van der Waals surface area contributed by atoms with Gasteiger partial charge in [0.1, 0.15) is 11.5 Å². The van der Waals surface area contributed by atoms with Gasteiger partial charge in [0.15, 0.2) is 5.78 Å². The molecule has 36 heavy (non-hydrogen) atoms. The summed E-state index contributed by atoms with van der Waals surface area (Å²) in [5.41, 5.74) is 1.32. The van der Waals surface area contributed by atoms with E-state index in [1.54, 1.807) is 88.4 Å². The average molecular weight is 538 g/mol. The topological polar surface area (TPSA) is 107 Å². The van der Waals surface area contributed by atoms with E-state index in [1.807, 2.05) is 0 Å². The van der Waals surface area contributed by atoms with Crippen molar-refractivity contribution in [2.24, 2.45) is 0 Å². The molecule has 0 saturated carbocycles. The maximum absolute atomic E-state index is 12.6. The van der Waals surface area contributed by atoms with Crippen LogP contribution in [0.1, 0.15) is 38.8 Å². The molecule has 9 nitrogen and oxygen atoms in total. The molecule has 2 aromatic carbocycles. The fourth-order valence-electron chi connectivity index (χ4n) is 2.83. The first-order valence-electron chi connectivity index (χ1n) is 11.5. The lowest BCUT2D eigenvalue weighted by atomic mass is 10.1. The van der Waals surface area contributed by atoms with Gasteiger partial charge in [-0.3, -0.25) is 22.9 Å². The molecule has 196 valence electrons. The Morgan fingerprint density at radius 3 is 1.36 bits per heavy atom. The van der Waals surface area contributed by atoms with Crippen molar-refractivity contribution in [2.45, 2.75) is 27.7 Å². The predicted molar refractivity (Wildman–Crippen MR) is 139 cm³/mol. The number of phosphoric ester groups is 2. The Bertz CT molecular complexity index is 1040. The van der Waals surface area contributed by atoms with Crippen LogP contribution in [-0.4, -0.2) is 32.2 Å². The van der Waals surface area contributed by atoms with Crippen molar-refractivity contribution in [1.29, 1.82) is 0 Å². The van der Waals surface area contributed by atoms with Crippen molar-refractivity contribution in [2.75, 3.05) is 26.4 Å². The number of allylic oxidation sites excluding steroid dienone is 2. The molecule has 0 heterocycles. The highest BCUT2D eigenvalue weighted by Crippen LogP contribution is 2.50. The predicted octanol–water partition coefficient (Wildman–Crippen LogP) is 7.10. The number of hydrogen-bond donors (Lipinski definition) is 0. The summed E-state index contributed by atoms with van der Waals surface area (Å²) in [6.07, 6.45) is 5.98. The van der Waals surface area contributed by atoms with Gasteiger partial charge in [-0.2, -0.15) is 0 Å². The molecule has 0 unspecified atom stereocenters. The molecule has 0 aromatic heterocycles. The molecule has 0 atom stereocenters. The molecule has 0 aliphatic rings. The summed E-state index contributed by atoms with van der Waals surface area (Å²) in [5, 5.41) is 0. The minimum atomic E-state index is -3.72. The van der Waals surface area contributed by atoms with E-state index in [9.17, 15) is 13.9 Å². The molecular formula is C25H32O9P2. The van der Waals surface area contributed by atoms with Gasteiger partial charge in [-0.05, 0) is 75.2 Å². The van der Waals surface area contributed by atoms with Crippen LogP contribution in [0.25, 0.3) is 12.2 Å². The average Bonchev–Trinajstić information content (AvgIpc) is 2.82. The maximum Gasteiger partial charge on any atom is 0.530 e. The van der Waals surface area contributed by atoms with Crippen LogP contribution in [0.15, 0.2) is 60.7 Å². The van der Waals surface area contributed by atoms with E-state index in [1.165, 1.54) is 12.2 Å². The lowest BCUT2D eigenvalue weighted by molar-refractivity contribution is -0.110. The number of phosphoric acid groups is 2. The second kappa shape index (κ2) is 14.9. The number of ketones is 1. The third kappa shape index (κ3) is 10.2. The molecule has 2 rings (SSSR count). The summed E-state index contributed by atoms with van der Waals surface area (Å²) in [4.78, 5) is 12.4. The number of carbonyl (C=O) groups excluding carboxylic acids is 1. The highest BCUT2D eigenvalue weighted by atomic mass is 31.2. The van der Waals surface area contributed by atoms with Crippen molar-refractivity contribution in [3.63, 3.8) is 0 Å². The van der Waals surface area contributed by atoms with Crippen molar-refractivity contribution >= 4 is 33.6 Å². The van der Waals surface area contributed by atoms with Crippen LogP contribution in [0.3, 0.4) is 0 Å². The molecule has 2 aromatic rings. The smallest absolute Gasteiger partial charge is 0.404 e. The largest absolute Gasteiger partial charge is 0.530 e. The Labute approximate surface area is 212 Å². The maximum atomic E-state index is 12.6. The molecule has 11 heteroatoms. The normalized spacial score (nSPS) is 12.3. The standard InChI is InChI=1S/C25H32O9P2/c1-5-29-35(27,30-6-2)33-24-13-9-11-21(19-24)15-17-23(26)18-16-22-12-10-14-25(20-22)34-36(28,31-7-3)32-8-4/h9-20H,5-8H2,1-4H3/b17-15+,18-16+. The van der Waals surface area contributed by atoms with Crippen molar-refractivity contribution < 1.29 is 41.1 Å². The first-order valence-corrected chi connectivity index (χ1v) is 14.4. The van der Waals surface area contributed by atoms with Crippen LogP contribution in [-0.2, 0) is 32.0 Å². The van der Waals surface area contributed by atoms with Gasteiger partial charge in [0, 0.05) is 0 Å². The van der Waals surface area contributed by atoms with E-state index >= 15 is 0 Å². The molecule has 0 aliphatic heterocycles. The van der Waals surface area contributed by atoms with Crippen LogP contribution in [0.2, 0.25) is 0 Å². The number of benzene rings is 2. The van der Waals surface area contributed by atoms with Crippen molar-refractivity contribution in [3.8, 4) is 11.5 Å². The summed E-state index contributed by atoms with van der Waals surface area (Å²) in [7, 11) is -7.43. The van der Waals surface area contributed by atoms with E-state index in [-0.39, 0.29) is 32.2 Å². The molecular weight excluding hydrogens is 506 g/mol. The Balaban J connectivity index is 2.06. The van der Waals surface area contributed by atoms with Crippen molar-refractivity contribution in [3.05, 3.63) is 71.8 Å². The van der Waals surface area contributed by atoms with Crippen LogP contribution < -0.4 is 9.05 Å². The van der Waals surface area contributed by atoms with Gasteiger partial charge in [-0.25, -0.2) is 9.13 Å². The van der Waals surface area contributed by atoms with Crippen LogP contribution in [0.5, 0.6) is 11.5 Å². The van der Waals surface area contributed by atoms with E-state index in [2.05, 4.69) is 0 Å². The first kappa shape index (κ1) is 29.7. The zero-order valence-corrected chi connectivity index (χ0v) is 22.6. The molecule has 0 bridgehead atoms. The molecule has 0 fully saturated rings. The summed E-state index contributed by atoms with van der Waals surface area (Å²) in [6.45, 7) is 7.45. The zero-order chi connectivity index (χ0) is 26.4. The van der Waals surface area contributed by atoms with Crippen LogP contribution in [0.4, 0.5) is 0 Å². The Morgan fingerprint density at radius 2 is 1.03 bits per heavy atom. The highest BCUT2D eigenvalue weighted by Gasteiger charge is 2.28. The van der Waals surface area contributed by atoms with Gasteiger partial charge in [-0.1, -0.05) is 36.4 Å². The fourth-order valence-corrected chi connectivity index (χ4v) is 5.20. The fraction of sp³-hybridized carbons (Fsp3) is 0.320. The lowest BCUT2D eigenvalue weighted by Gasteiger charge is -2.17. The molecule has 0 spiro atoms. The molecule has 0 aliphatic carbocycles. The van der Waals surface area contributed by atoms with Gasteiger partial charge < -0.3 is 9.05 Å². The minimum absolute atomic E-state index is 0.172.